The number of phenolic OH excluding ortho intramolecular Hbond substituents is 1. The van der Waals surface area contributed by atoms with Crippen LogP contribution in [0.5, 0.6) is 5.75 Å². The van der Waals surface area contributed by atoms with Crippen LogP contribution in [0.3, 0.4) is 0 Å². The number of nitrogens with one attached hydrogen (secondary N) is 1. The molecule has 2 N–H and O–H groups in total. The molecule has 0 aromatic heterocycles. The van der Waals surface area contributed by atoms with Crippen LogP contribution in [0.1, 0.15) is 15.9 Å². The molecular formula is C14H10Cl3NO2. The van der Waals surface area contributed by atoms with E-state index < -0.39 is 5.91 Å². The Kier molecular flexibility index (Phi) is 4.43. The number of aryl methyl sites for hydroxylation is 1. The van der Waals surface area contributed by atoms with Crippen molar-refractivity contribution in [1.82, 2.24) is 0 Å². The Bertz CT molecular complexity index is 686. The van der Waals surface area contributed by atoms with Gasteiger partial charge < -0.3 is 10.4 Å². The Morgan fingerprint density at radius 2 is 1.80 bits per heavy atom. The van der Waals surface area contributed by atoms with Crippen molar-refractivity contribution in [1.29, 1.82) is 0 Å². The molecule has 20 heavy (non-hydrogen) atoms. The van der Waals surface area contributed by atoms with Gasteiger partial charge in [-0.1, -0.05) is 34.8 Å². The molecule has 2 aromatic rings. The largest absolute Gasteiger partial charge is 0.507 e. The molecule has 1 amide bonds. The third-order valence-electron chi connectivity index (χ3n) is 2.70. The summed E-state index contributed by atoms with van der Waals surface area (Å²) in [6.45, 7) is 1.81. The van der Waals surface area contributed by atoms with Crippen molar-refractivity contribution in [3.63, 3.8) is 0 Å². The van der Waals surface area contributed by atoms with Crippen molar-refractivity contribution in [2.24, 2.45) is 0 Å². The van der Waals surface area contributed by atoms with E-state index in [0.717, 1.165) is 5.56 Å². The van der Waals surface area contributed by atoms with E-state index in [9.17, 15) is 9.90 Å². The van der Waals surface area contributed by atoms with Crippen molar-refractivity contribution in [2.45, 2.75) is 6.92 Å². The average molecular weight is 331 g/mol. The number of benzene rings is 2. The van der Waals surface area contributed by atoms with E-state index in [2.05, 4.69) is 5.32 Å². The van der Waals surface area contributed by atoms with Crippen LogP contribution in [0.2, 0.25) is 15.1 Å². The van der Waals surface area contributed by atoms with Crippen LogP contribution >= 0.6 is 34.8 Å². The van der Waals surface area contributed by atoms with E-state index in [4.69, 9.17) is 34.8 Å². The lowest BCUT2D eigenvalue weighted by atomic mass is 10.1. The van der Waals surface area contributed by atoms with Gasteiger partial charge in [0.1, 0.15) is 5.75 Å². The quantitative estimate of drug-likeness (QED) is 0.821. The van der Waals surface area contributed by atoms with Gasteiger partial charge in [0.25, 0.3) is 5.91 Å². The monoisotopic (exact) mass is 329 g/mol. The van der Waals surface area contributed by atoms with Crippen LogP contribution in [-0.4, -0.2) is 11.0 Å². The Labute approximate surface area is 131 Å². The normalized spacial score (nSPS) is 10.4. The first-order valence-electron chi connectivity index (χ1n) is 5.64. The number of carbonyl (C=O) groups is 1. The number of halogens is 3. The van der Waals surface area contributed by atoms with Crippen molar-refractivity contribution >= 4 is 46.4 Å². The van der Waals surface area contributed by atoms with E-state index in [-0.39, 0.29) is 11.3 Å². The summed E-state index contributed by atoms with van der Waals surface area (Å²) < 4.78 is 0. The highest BCUT2D eigenvalue weighted by atomic mass is 35.5. The first-order valence-corrected chi connectivity index (χ1v) is 6.77. The Morgan fingerprint density at radius 1 is 1.10 bits per heavy atom. The second kappa shape index (κ2) is 5.92. The smallest absolute Gasteiger partial charge is 0.259 e. The van der Waals surface area contributed by atoms with Gasteiger partial charge in [0.05, 0.1) is 16.3 Å². The number of amides is 1. The zero-order valence-electron chi connectivity index (χ0n) is 10.4. The molecule has 0 atom stereocenters. The third-order valence-corrected chi connectivity index (χ3v) is 3.66. The number of rotatable bonds is 2. The molecule has 0 aliphatic heterocycles. The van der Waals surface area contributed by atoms with Crippen LogP contribution in [0, 0.1) is 6.92 Å². The summed E-state index contributed by atoms with van der Waals surface area (Å²) >= 11 is 17.7. The first-order chi connectivity index (χ1) is 9.38. The number of phenols is 1. The van der Waals surface area contributed by atoms with Gasteiger partial charge in [0, 0.05) is 10.0 Å². The SMILES string of the molecule is Cc1cc(Cl)c(NC(=O)c2ccc(Cl)cc2O)cc1Cl. The maximum Gasteiger partial charge on any atom is 0.259 e. The summed E-state index contributed by atoms with van der Waals surface area (Å²) in [7, 11) is 0. The van der Waals surface area contributed by atoms with Crippen LogP contribution in [0.4, 0.5) is 5.69 Å². The van der Waals surface area contributed by atoms with Crippen molar-refractivity contribution in [3.05, 3.63) is 56.5 Å². The molecule has 3 nitrogen and oxygen atoms in total. The molecule has 0 saturated heterocycles. The second-order valence-electron chi connectivity index (χ2n) is 4.20. The van der Waals surface area contributed by atoms with E-state index >= 15 is 0 Å². The molecule has 0 fully saturated rings. The molecule has 104 valence electrons. The molecular weight excluding hydrogens is 321 g/mol. The summed E-state index contributed by atoms with van der Waals surface area (Å²) in [4.78, 5) is 12.1. The molecule has 0 heterocycles. The lowest BCUT2D eigenvalue weighted by molar-refractivity contribution is 0.102. The fourth-order valence-electron chi connectivity index (χ4n) is 1.63. The predicted octanol–water partition coefficient (Wildman–Crippen LogP) is 4.91. The fourth-order valence-corrected chi connectivity index (χ4v) is 2.22. The Hall–Kier alpha value is -1.42. The summed E-state index contributed by atoms with van der Waals surface area (Å²) in [6.07, 6.45) is 0. The van der Waals surface area contributed by atoms with Gasteiger partial charge in [-0.3, -0.25) is 4.79 Å². The summed E-state index contributed by atoms with van der Waals surface area (Å²) in [6, 6.07) is 7.45. The maximum absolute atomic E-state index is 12.1. The van der Waals surface area contributed by atoms with Crippen LogP contribution in [0.25, 0.3) is 0 Å². The van der Waals surface area contributed by atoms with Gasteiger partial charge >= 0.3 is 0 Å². The van der Waals surface area contributed by atoms with Crippen LogP contribution < -0.4 is 5.32 Å². The van der Waals surface area contributed by atoms with Gasteiger partial charge in [-0.25, -0.2) is 0 Å². The first kappa shape index (κ1) is 15.0. The molecule has 0 bridgehead atoms. The zero-order valence-corrected chi connectivity index (χ0v) is 12.6. The molecule has 2 aromatic carbocycles. The zero-order chi connectivity index (χ0) is 14.9. The lowest BCUT2D eigenvalue weighted by Crippen LogP contribution is -2.12. The highest BCUT2D eigenvalue weighted by molar-refractivity contribution is 6.36. The number of hydrogen-bond donors (Lipinski definition) is 2. The highest BCUT2D eigenvalue weighted by Crippen LogP contribution is 2.30. The number of carbonyl (C=O) groups excluding carboxylic acids is 1. The lowest BCUT2D eigenvalue weighted by Gasteiger charge is -2.10. The Morgan fingerprint density at radius 3 is 2.45 bits per heavy atom. The van der Waals surface area contributed by atoms with Gasteiger partial charge in [-0.2, -0.15) is 0 Å². The molecule has 0 unspecified atom stereocenters. The van der Waals surface area contributed by atoms with E-state index in [1.54, 1.807) is 12.1 Å². The molecule has 2 rings (SSSR count). The highest BCUT2D eigenvalue weighted by Gasteiger charge is 2.14. The van der Waals surface area contributed by atoms with Gasteiger partial charge in [0.2, 0.25) is 0 Å². The molecule has 0 aliphatic rings. The second-order valence-corrected chi connectivity index (χ2v) is 5.45. The fraction of sp³-hybridized carbons (Fsp3) is 0.0714. The van der Waals surface area contributed by atoms with Crippen molar-refractivity contribution in [2.75, 3.05) is 5.32 Å². The molecule has 0 radical (unpaired) electrons. The Balaban J connectivity index is 2.30. The summed E-state index contributed by atoms with van der Waals surface area (Å²) in [5.41, 5.74) is 1.28. The van der Waals surface area contributed by atoms with Gasteiger partial charge in [0.15, 0.2) is 0 Å². The third kappa shape index (κ3) is 3.18. The maximum atomic E-state index is 12.1. The van der Waals surface area contributed by atoms with Crippen LogP contribution in [-0.2, 0) is 0 Å². The number of aromatic hydroxyl groups is 1. The summed E-state index contributed by atoms with van der Waals surface area (Å²) in [5, 5.41) is 13.5. The van der Waals surface area contributed by atoms with E-state index in [0.29, 0.717) is 20.8 Å². The number of anilines is 1. The minimum Gasteiger partial charge on any atom is -0.507 e. The van der Waals surface area contributed by atoms with E-state index in [1.165, 1.54) is 18.2 Å². The molecule has 0 saturated carbocycles. The number of hydrogen-bond acceptors (Lipinski definition) is 2. The average Bonchev–Trinajstić information content (AvgIpc) is 2.35. The van der Waals surface area contributed by atoms with Crippen molar-refractivity contribution < 1.29 is 9.90 Å². The molecule has 6 heteroatoms. The standard InChI is InChI=1S/C14H10Cl3NO2/c1-7-4-11(17)12(6-10(7)16)18-14(20)9-3-2-8(15)5-13(9)19/h2-6,19H,1H3,(H,18,20). The predicted molar refractivity (Wildman–Crippen MR) is 82.3 cm³/mol. The van der Waals surface area contributed by atoms with Gasteiger partial charge in [-0.05, 0) is 42.8 Å². The van der Waals surface area contributed by atoms with Crippen molar-refractivity contribution in [3.8, 4) is 5.75 Å². The van der Waals surface area contributed by atoms with Gasteiger partial charge in [-0.15, -0.1) is 0 Å². The molecule has 0 spiro atoms. The van der Waals surface area contributed by atoms with Crippen LogP contribution in [0.15, 0.2) is 30.3 Å². The molecule has 0 aliphatic carbocycles. The van der Waals surface area contributed by atoms with E-state index in [1.807, 2.05) is 6.92 Å². The summed E-state index contributed by atoms with van der Waals surface area (Å²) in [5.74, 6) is -0.703. The topological polar surface area (TPSA) is 49.3 Å². The minimum absolute atomic E-state index is 0.0992. The minimum atomic E-state index is -0.499.